The van der Waals surface area contributed by atoms with E-state index in [9.17, 15) is 19.7 Å². The first-order valence-corrected chi connectivity index (χ1v) is 9.83. The molecule has 154 valence electrons. The molecule has 1 heterocycles. The molecule has 0 saturated heterocycles. The summed E-state index contributed by atoms with van der Waals surface area (Å²) in [7, 11) is 0. The summed E-state index contributed by atoms with van der Waals surface area (Å²) in [5.74, 6) is -0.646. The Morgan fingerprint density at radius 1 is 1.20 bits per heavy atom. The molecular formula is C19H15ClN4O5S. The molecule has 3 rings (SSSR count). The molecule has 0 aliphatic carbocycles. The van der Waals surface area contributed by atoms with Crippen LogP contribution in [0.15, 0.2) is 48.5 Å². The van der Waals surface area contributed by atoms with E-state index in [0.29, 0.717) is 16.3 Å². The number of nitrogens with one attached hydrogen (secondary N) is 2. The minimum absolute atomic E-state index is 0.0572. The summed E-state index contributed by atoms with van der Waals surface area (Å²) in [6.07, 6.45) is -0.675. The zero-order valence-electron chi connectivity index (χ0n) is 15.5. The Morgan fingerprint density at radius 2 is 1.93 bits per heavy atom. The van der Waals surface area contributed by atoms with E-state index in [4.69, 9.17) is 16.3 Å². The maximum atomic E-state index is 12.8. The second kappa shape index (κ2) is 9.33. The summed E-state index contributed by atoms with van der Waals surface area (Å²) in [6.45, 7) is 1.86. The topological polar surface area (TPSA) is 123 Å². The van der Waals surface area contributed by atoms with E-state index in [1.54, 1.807) is 31.2 Å². The molecule has 3 aromatic rings. The Hall–Kier alpha value is -3.50. The first kappa shape index (κ1) is 21.2. The van der Waals surface area contributed by atoms with Crippen molar-refractivity contribution in [3.8, 4) is 11.3 Å². The molecule has 0 unspecified atom stereocenters. The van der Waals surface area contributed by atoms with Gasteiger partial charge in [-0.2, -0.15) is 0 Å². The second-order valence-electron chi connectivity index (χ2n) is 5.78. The molecule has 0 aliphatic heterocycles. The SMILES string of the molecule is CCOC(=O)Nc1nc(-c2ccccc2)c(NC(=O)c2cc([N+](=O)[O-])ccc2Cl)s1. The van der Waals surface area contributed by atoms with Crippen molar-refractivity contribution in [3.05, 3.63) is 69.2 Å². The predicted molar refractivity (Wildman–Crippen MR) is 114 cm³/mol. The molecule has 11 heteroatoms. The van der Waals surface area contributed by atoms with Crippen molar-refractivity contribution >= 4 is 50.8 Å². The van der Waals surface area contributed by atoms with Crippen LogP contribution in [0.2, 0.25) is 5.02 Å². The van der Waals surface area contributed by atoms with E-state index in [-0.39, 0.29) is 28.0 Å². The van der Waals surface area contributed by atoms with Crippen molar-refractivity contribution in [2.24, 2.45) is 0 Å². The lowest BCUT2D eigenvalue weighted by Crippen LogP contribution is -2.13. The third kappa shape index (κ3) is 4.91. The van der Waals surface area contributed by atoms with Gasteiger partial charge in [-0.1, -0.05) is 53.3 Å². The Bertz CT molecular complexity index is 1100. The summed E-state index contributed by atoms with van der Waals surface area (Å²) in [5, 5.41) is 16.8. The third-order valence-corrected chi connectivity index (χ3v) is 5.01. The van der Waals surface area contributed by atoms with E-state index in [1.165, 1.54) is 12.1 Å². The normalized spacial score (nSPS) is 10.3. The lowest BCUT2D eigenvalue weighted by atomic mass is 10.1. The van der Waals surface area contributed by atoms with Crippen LogP contribution in [-0.4, -0.2) is 28.5 Å². The van der Waals surface area contributed by atoms with Crippen LogP contribution in [0.25, 0.3) is 11.3 Å². The smallest absolute Gasteiger partial charge is 0.413 e. The predicted octanol–water partition coefficient (Wildman–Crippen LogP) is 5.19. The van der Waals surface area contributed by atoms with E-state index < -0.39 is 16.9 Å². The molecule has 0 radical (unpaired) electrons. The van der Waals surface area contributed by atoms with Crippen molar-refractivity contribution in [2.45, 2.75) is 6.92 Å². The largest absolute Gasteiger partial charge is 0.450 e. The molecule has 0 bridgehead atoms. The van der Waals surface area contributed by atoms with Crippen molar-refractivity contribution in [2.75, 3.05) is 17.2 Å². The Morgan fingerprint density at radius 3 is 2.60 bits per heavy atom. The minimum Gasteiger partial charge on any atom is -0.450 e. The number of nitro groups is 1. The molecule has 9 nitrogen and oxygen atoms in total. The lowest BCUT2D eigenvalue weighted by molar-refractivity contribution is -0.384. The van der Waals surface area contributed by atoms with Crippen molar-refractivity contribution in [1.29, 1.82) is 0 Å². The number of halogens is 1. The maximum absolute atomic E-state index is 12.8. The number of ether oxygens (including phenoxy) is 1. The van der Waals surface area contributed by atoms with Crippen LogP contribution in [-0.2, 0) is 4.74 Å². The van der Waals surface area contributed by atoms with Gasteiger partial charge in [0.2, 0.25) is 0 Å². The number of aromatic nitrogens is 1. The van der Waals surface area contributed by atoms with Crippen LogP contribution >= 0.6 is 22.9 Å². The third-order valence-electron chi connectivity index (χ3n) is 3.79. The van der Waals surface area contributed by atoms with Gasteiger partial charge in [-0.3, -0.25) is 20.2 Å². The molecule has 30 heavy (non-hydrogen) atoms. The van der Waals surface area contributed by atoms with Gasteiger partial charge in [-0.15, -0.1) is 0 Å². The average molecular weight is 447 g/mol. The standard InChI is InChI=1S/C19H15ClN4O5S/c1-2-29-19(26)23-18-21-15(11-6-4-3-5-7-11)17(30-18)22-16(25)13-10-12(24(27)28)8-9-14(13)20/h3-10H,2H2,1H3,(H,22,25)(H,21,23,26). The Kier molecular flexibility index (Phi) is 6.60. The van der Waals surface area contributed by atoms with Crippen LogP contribution in [0.3, 0.4) is 0 Å². The summed E-state index contributed by atoms with van der Waals surface area (Å²) in [4.78, 5) is 39.3. The van der Waals surface area contributed by atoms with Crippen LogP contribution in [0.5, 0.6) is 0 Å². The second-order valence-corrected chi connectivity index (χ2v) is 7.19. The number of rotatable bonds is 6. The van der Waals surface area contributed by atoms with Crippen molar-refractivity contribution < 1.29 is 19.2 Å². The lowest BCUT2D eigenvalue weighted by Gasteiger charge is -2.07. The van der Waals surface area contributed by atoms with Gasteiger partial charge in [0.05, 0.1) is 22.1 Å². The van der Waals surface area contributed by atoms with Gasteiger partial charge in [0.15, 0.2) is 5.13 Å². The van der Waals surface area contributed by atoms with Crippen LogP contribution in [0.4, 0.5) is 20.6 Å². The Balaban J connectivity index is 1.95. The number of hydrogen-bond acceptors (Lipinski definition) is 7. The molecule has 0 saturated carbocycles. The quantitative estimate of drug-likeness (QED) is 0.396. The zero-order chi connectivity index (χ0) is 21.7. The first-order valence-electron chi connectivity index (χ1n) is 8.64. The average Bonchev–Trinajstić information content (AvgIpc) is 3.10. The van der Waals surface area contributed by atoms with E-state index in [2.05, 4.69) is 15.6 Å². The highest BCUT2D eigenvalue weighted by Crippen LogP contribution is 2.36. The van der Waals surface area contributed by atoms with E-state index in [0.717, 1.165) is 17.4 Å². The molecule has 2 amide bonds. The van der Waals surface area contributed by atoms with Crippen LogP contribution < -0.4 is 10.6 Å². The Labute approximate surface area is 179 Å². The first-order chi connectivity index (χ1) is 14.4. The monoisotopic (exact) mass is 446 g/mol. The molecule has 0 atom stereocenters. The van der Waals surface area contributed by atoms with Gasteiger partial charge in [0.25, 0.3) is 11.6 Å². The van der Waals surface area contributed by atoms with E-state index in [1.807, 2.05) is 6.07 Å². The molecular weight excluding hydrogens is 432 g/mol. The van der Waals surface area contributed by atoms with Gasteiger partial charge < -0.3 is 10.1 Å². The highest BCUT2D eigenvalue weighted by Gasteiger charge is 2.21. The van der Waals surface area contributed by atoms with Gasteiger partial charge >= 0.3 is 6.09 Å². The van der Waals surface area contributed by atoms with Gasteiger partial charge in [-0.05, 0) is 13.0 Å². The number of nitro benzene ring substituents is 1. The van der Waals surface area contributed by atoms with Crippen molar-refractivity contribution in [3.63, 3.8) is 0 Å². The number of carbonyl (C=O) groups excluding carboxylic acids is 2. The minimum atomic E-state index is -0.675. The number of amides is 2. The molecule has 0 fully saturated rings. The van der Waals surface area contributed by atoms with Gasteiger partial charge in [-0.25, -0.2) is 9.78 Å². The number of non-ortho nitro benzene ring substituents is 1. The number of anilines is 2. The molecule has 0 spiro atoms. The molecule has 2 N–H and O–H groups in total. The van der Waals surface area contributed by atoms with Crippen molar-refractivity contribution in [1.82, 2.24) is 4.98 Å². The summed E-state index contributed by atoms with van der Waals surface area (Å²) < 4.78 is 4.85. The summed E-state index contributed by atoms with van der Waals surface area (Å²) in [6, 6.07) is 12.6. The number of nitrogens with zero attached hydrogens (tertiary/aromatic N) is 2. The molecule has 1 aromatic heterocycles. The molecule has 2 aromatic carbocycles. The zero-order valence-corrected chi connectivity index (χ0v) is 17.1. The fraction of sp³-hybridized carbons (Fsp3) is 0.105. The number of thiazole rings is 1. The highest BCUT2D eigenvalue weighted by atomic mass is 35.5. The number of carbonyl (C=O) groups is 2. The summed E-state index contributed by atoms with van der Waals surface area (Å²) >= 11 is 7.07. The number of benzene rings is 2. The van der Waals surface area contributed by atoms with Crippen LogP contribution in [0, 0.1) is 10.1 Å². The summed E-state index contributed by atoms with van der Waals surface area (Å²) in [5.41, 5.74) is 0.799. The highest BCUT2D eigenvalue weighted by molar-refractivity contribution is 7.20. The van der Waals surface area contributed by atoms with Gasteiger partial charge in [0, 0.05) is 17.7 Å². The number of hydrogen-bond donors (Lipinski definition) is 2. The fourth-order valence-corrected chi connectivity index (χ4v) is 3.55. The van der Waals surface area contributed by atoms with Crippen LogP contribution in [0.1, 0.15) is 17.3 Å². The molecule has 0 aliphatic rings. The van der Waals surface area contributed by atoms with Gasteiger partial charge in [0.1, 0.15) is 10.7 Å². The fourth-order valence-electron chi connectivity index (χ4n) is 2.48. The van der Waals surface area contributed by atoms with E-state index >= 15 is 0 Å². The maximum Gasteiger partial charge on any atom is 0.413 e.